The van der Waals surface area contributed by atoms with E-state index in [1.54, 1.807) is 18.2 Å². The number of para-hydroxylation sites is 1. The standard InChI is InChI=1S/C18H14O4/c1-12(19)21-11-15-17(20)14-9-5-6-10-16(14)22-18(15)13-7-3-2-4-8-13/h2-10H,11H2,1H3. The fourth-order valence-corrected chi connectivity index (χ4v) is 2.31. The third-order valence-electron chi connectivity index (χ3n) is 3.35. The van der Waals surface area contributed by atoms with Crippen molar-refractivity contribution in [2.45, 2.75) is 13.5 Å². The Bertz CT molecular complexity index is 878. The van der Waals surface area contributed by atoms with E-state index in [1.165, 1.54) is 6.92 Å². The Labute approximate surface area is 127 Å². The fraction of sp³-hybridized carbons (Fsp3) is 0.111. The van der Waals surface area contributed by atoms with Crippen LogP contribution in [0.3, 0.4) is 0 Å². The molecule has 3 aromatic rings. The van der Waals surface area contributed by atoms with Crippen molar-refractivity contribution < 1.29 is 13.9 Å². The summed E-state index contributed by atoms with van der Waals surface area (Å²) in [5.41, 5.74) is 1.45. The monoisotopic (exact) mass is 294 g/mol. The van der Waals surface area contributed by atoms with Crippen LogP contribution in [0.4, 0.5) is 0 Å². The summed E-state index contributed by atoms with van der Waals surface area (Å²) < 4.78 is 10.9. The highest BCUT2D eigenvalue weighted by molar-refractivity contribution is 5.80. The van der Waals surface area contributed by atoms with E-state index < -0.39 is 5.97 Å². The summed E-state index contributed by atoms with van der Waals surface area (Å²) in [4.78, 5) is 23.8. The summed E-state index contributed by atoms with van der Waals surface area (Å²) in [7, 11) is 0. The second kappa shape index (κ2) is 5.85. The lowest BCUT2D eigenvalue weighted by molar-refractivity contribution is -0.142. The average Bonchev–Trinajstić information content (AvgIpc) is 2.54. The van der Waals surface area contributed by atoms with Gasteiger partial charge in [-0.2, -0.15) is 0 Å². The Balaban J connectivity index is 2.26. The number of fused-ring (bicyclic) bond motifs is 1. The van der Waals surface area contributed by atoms with Gasteiger partial charge >= 0.3 is 5.97 Å². The molecule has 0 unspecified atom stereocenters. The molecule has 3 rings (SSSR count). The molecule has 0 aliphatic heterocycles. The van der Waals surface area contributed by atoms with Gasteiger partial charge in [-0.3, -0.25) is 9.59 Å². The summed E-state index contributed by atoms with van der Waals surface area (Å²) in [5.74, 6) is -0.00267. The van der Waals surface area contributed by atoms with Crippen LogP contribution in [0.15, 0.2) is 63.8 Å². The lowest BCUT2D eigenvalue weighted by atomic mass is 10.1. The van der Waals surface area contributed by atoms with Crippen molar-refractivity contribution in [3.05, 3.63) is 70.4 Å². The number of ether oxygens (including phenoxy) is 1. The van der Waals surface area contributed by atoms with E-state index in [0.717, 1.165) is 5.56 Å². The quantitative estimate of drug-likeness (QED) is 0.693. The van der Waals surface area contributed by atoms with Crippen LogP contribution in [0.1, 0.15) is 12.5 Å². The molecule has 0 atom stereocenters. The molecule has 4 nitrogen and oxygen atoms in total. The third kappa shape index (κ3) is 2.63. The molecular weight excluding hydrogens is 280 g/mol. The molecule has 1 heterocycles. The van der Waals surface area contributed by atoms with Crippen LogP contribution < -0.4 is 5.43 Å². The molecule has 0 radical (unpaired) electrons. The van der Waals surface area contributed by atoms with Crippen molar-refractivity contribution in [3.8, 4) is 11.3 Å². The first-order valence-electron chi connectivity index (χ1n) is 6.90. The predicted octanol–water partition coefficient (Wildman–Crippen LogP) is 3.52. The van der Waals surface area contributed by atoms with Gasteiger partial charge in [0.15, 0.2) is 5.43 Å². The van der Waals surface area contributed by atoms with Crippen molar-refractivity contribution in [2.24, 2.45) is 0 Å². The van der Waals surface area contributed by atoms with E-state index in [4.69, 9.17) is 9.15 Å². The lowest BCUT2D eigenvalue weighted by Crippen LogP contribution is -2.14. The molecule has 22 heavy (non-hydrogen) atoms. The average molecular weight is 294 g/mol. The molecule has 0 aliphatic carbocycles. The van der Waals surface area contributed by atoms with Crippen LogP contribution in [0, 0.1) is 0 Å². The second-order valence-electron chi connectivity index (χ2n) is 4.88. The van der Waals surface area contributed by atoms with Gasteiger partial charge in [0.1, 0.15) is 18.0 Å². The molecule has 2 aromatic carbocycles. The van der Waals surface area contributed by atoms with Crippen molar-refractivity contribution in [1.82, 2.24) is 0 Å². The van der Waals surface area contributed by atoms with E-state index in [0.29, 0.717) is 22.3 Å². The molecule has 0 saturated heterocycles. The first-order valence-corrected chi connectivity index (χ1v) is 6.90. The zero-order chi connectivity index (χ0) is 15.5. The maximum absolute atomic E-state index is 12.7. The Morgan fingerprint density at radius 1 is 1.05 bits per heavy atom. The molecule has 0 aliphatic rings. The Morgan fingerprint density at radius 3 is 2.45 bits per heavy atom. The van der Waals surface area contributed by atoms with Crippen LogP contribution in [0.25, 0.3) is 22.3 Å². The Morgan fingerprint density at radius 2 is 1.73 bits per heavy atom. The Hall–Kier alpha value is -2.88. The number of rotatable bonds is 3. The zero-order valence-electron chi connectivity index (χ0n) is 12.0. The zero-order valence-corrected chi connectivity index (χ0v) is 12.0. The maximum Gasteiger partial charge on any atom is 0.302 e. The molecule has 0 amide bonds. The number of hydrogen-bond donors (Lipinski definition) is 0. The number of carbonyl (C=O) groups is 1. The van der Waals surface area contributed by atoms with Crippen molar-refractivity contribution in [1.29, 1.82) is 0 Å². The number of carbonyl (C=O) groups excluding carboxylic acids is 1. The molecule has 0 fully saturated rings. The number of benzene rings is 2. The minimum atomic E-state index is -0.438. The van der Waals surface area contributed by atoms with Gasteiger partial charge in [-0.1, -0.05) is 42.5 Å². The fourth-order valence-electron chi connectivity index (χ4n) is 2.31. The van der Waals surface area contributed by atoms with Crippen LogP contribution in [0.5, 0.6) is 0 Å². The summed E-state index contributed by atoms with van der Waals surface area (Å²) in [6.45, 7) is 1.21. The SMILES string of the molecule is CC(=O)OCc1c(-c2ccccc2)oc2ccccc2c1=O. The molecular formula is C18H14O4. The summed E-state index contributed by atoms with van der Waals surface area (Å²) in [6.07, 6.45) is 0. The van der Waals surface area contributed by atoms with E-state index in [2.05, 4.69) is 0 Å². The lowest BCUT2D eigenvalue weighted by Gasteiger charge is -2.10. The third-order valence-corrected chi connectivity index (χ3v) is 3.35. The van der Waals surface area contributed by atoms with Gasteiger partial charge in [0.05, 0.1) is 10.9 Å². The van der Waals surface area contributed by atoms with Crippen LogP contribution in [0.2, 0.25) is 0 Å². The van der Waals surface area contributed by atoms with Crippen molar-refractivity contribution in [3.63, 3.8) is 0 Å². The second-order valence-corrected chi connectivity index (χ2v) is 4.88. The largest absolute Gasteiger partial charge is 0.461 e. The van der Waals surface area contributed by atoms with Gasteiger partial charge in [-0.25, -0.2) is 0 Å². The van der Waals surface area contributed by atoms with E-state index in [9.17, 15) is 9.59 Å². The van der Waals surface area contributed by atoms with E-state index in [1.807, 2.05) is 36.4 Å². The molecule has 0 bridgehead atoms. The summed E-state index contributed by atoms with van der Waals surface area (Å²) in [6, 6.07) is 16.3. The molecule has 110 valence electrons. The van der Waals surface area contributed by atoms with Crippen molar-refractivity contribution in [2.75, 3.05) is 0 Å². The Kier molecular flexibility index (Phi) is 3.74. The van der Waals surface area contributed by atoms with Gasteiger partial charge < -0.3 is 9.15 Å². The first-order chi connectivity index (χ1) is 10.7. The minimum absolute atomic E-state index is 0.104. The topological polar surface area (TPSA) is 56.5 Å². The summed E-state index contributed by atoms with van der Waals surface area (Å²) >= 11 is 0. The van der Waals surface area contributed by atoms with E-state index >= 15 is 0 Å². The molecule has 0 spiro atoms. The van der Waals surface area contributed by atoms with Gasteiger partial charge in [0.2, 0.25) is 0 Å². The highest BCUT2D eigenvalue weighted by Gasteiger charge is 2.16. The van der Waals surface area contributed by atoms with Crippen LogP contribution in [-0.2, 0) is 16.1 Å². The van der Waals surface area contributed by atoms with Crippen molar-refractivity contribution >= 4 is 16.9 Å². The van der Waals surface area contributed by atoms with Gasteiger partial charge in [0, 0.05) is 12.5 Å². The van der Waals surface area contributed by atoms with Gasteiger partial charge in [0.25, 0.3) is 0 Å². The number of esters is 1. The highest BCUT2D eigenvalue weighted by Crippen LogP contribution is 2.26. The molecule has 4 heteroatoms. The van der Waals surface area contributed by atoms with Gasteiger partial charge in [-0.05, 0) is 12.1 Å². The van der Waals surface area contributed by atoms with Crippen LogP contribution in [-0.4, -0.2) is 5.97 Å². The summed E-state index contributed by atoms with van der Waals surface area (Å²) in [5, 5.41) is 0.476. The molecule has 0 N–H and O–H groups in total. The maximum atomic E-state index is 12.7. The van der Waals surface area contributed by atoms with Crippen LogP contribution >= 0.6 is 0 Å². The first kappa shape index (κ1) is 14.1. The highest BCUT2D eigenvalue weighted by atomic mass is 16.5. The normalized spacial score (nSPS) is 10.6. The smallest absolute Gasteiger partial charge is 0.302 e. The molecule has 1 aromatic heterocycles. The van der Waals surface area contributed by atoms with Gasteiger partial charge in [-0.15, -0.1) is 0 Å². The minimum Gasteiger partial charge on any atom is -0.461 e. The van der Waals surface area contributed by atoms with E-state index in [-0.39, 0.29) is 12.0 Å². The molecule has 0 saturated carbocycles. The number of hydrogen-bond acceptors (Lipinski definition) is 4. The predicted molar refractivity (Wildman–Crippen MR) is 83.4 cm³/mol.